The van der Waals surface area contributed by atoms with Gasteiger partial charge in [0.2, 0.25) is 0 Å². The molecule has 0 bridgehead atoms. The molecule has 0 saturated carbocycles. The van der Waals surface area contributed by atoms with Crippen LogP contribution in [0.1, 0.15) is 58.0 Å². The first-order chi connectivity index (χ1) is 12.2. The summed E-state index contributed by atoms with van der Waals surface area (Å²) in [4.78, 5) is 16.8. The normalized spacial score (nSPS) is 15.8. The molecule has 2 aromatic rings. The molecule has 0 spiro atoms. The van der Waals surface area contributed by atoms with Crippen molar-refractivity contribution < 1.29 is 14.3 Å². The van der Waals surface area contributed by atoms with Gasteiger partial charge in [0.25, 0.3) is 0 Å². The zero-order valence-corrected chi connectivity index (χ0v) is 15.8. The molecule has 1 aromatic heterocycles. The molecule has 0 fully saturated rings. The van der Waals surface area contributed by atoms with Gasteiger partial charge in [-0.2, -0.15) is 0 Å². The molecule has 1 aliphatic heterocycles. The number of hydrogen-bond donors (Lipinski definition) is 2. The SMILES string of the molecule is CC(C)c1ncc(C2Nc3ccccc3O2)cc1NC(=O)OC(C)(C)C. The van der Waals surface area contributed by atoms with Gasteiger partial charge in [-0.05, 0) is 44.9 Å². The number of aromatic nitrogens is 1. The van der Waals surface area contributed by atoms with E-state index in [9.17, 15) is 4.79 Å². The second-order valence-corrected chi connectivity index (χ2v) is 7.62. The molecule has 138 valence electrons. The topological polar surface area (TPSA) is 72.5 Å². The van der Waals surface area contributed by atoms with E-state index in [4.69, 9.17) is 9.47 Å². The van der Waals surface area contributed by atoms with Crippen LogP contribution >= 0.6 is 0 Å². The van der Waals surface area contributed by atoms with Crippen molar-refractivity contribution in [3.8, 4) is 5.75 Å². The first-order valence-electron chi connectivity index (χ1n) is 8.75. The second kappa shape index (κ2) is 6.86. The number of nitrogens with one attached hydrogen (secondary N) is 2. The van der Waals surface area contributed by atoms with Gasteiger partial charge in [0, 0.05) is 11.8 Å². The van der Waals surface area contributed by atoms with Gasteiger partial charge < -0.3 is 14.8 Å². The summed E-state index contributed by atoms with van der Waals surface area (Å²) in [7, 11) is 0. The fraction of sp³-hybridized carbons (Fsp3) is 0.400. The lowest BCUT2D eigenvalue weighted by Crippen LogP contribution is -2.28. The van der Waals surface area contributed by atoms with Crippen molar-refractivity contribution in [1.29, 1.82) is 0 Å². The molecule has 6 heteroatoms. The molecule has 6 nitrogen and oxygen atoms in total. The zero-order valence-electron chi connectivity index (χ0n) is 15.8. The lowest BCUT2D eigenvalue weighted by atomic mass is 10.1. The number of pyridine rings is 1. The van der Waals surface area contributed by atoms with Crippen LogP contribution in [0.15, 0.2) is 36.5 Å². The Hall–Kier alpha value is -2.76. The van der Waals surface area contributed by atoms with Crippen LogP contribution in [0.25, 0.3) is 0 Å². The summed E-state index contributed by atoms with van der Waals surface area (Å²) >= 11 is 0. The Kier molecular flexibility index (Phi) is 4.76. The standard InChI is InChI=1S/C20H25N3O3/c1-12(2)17-15(23-19(24)26-20(3,4)5)10-13(11-21-17)18-22-14-8-6-7-9-16(14)25-18/h6-12,18,22H,1-5H3,(H,23,24). The maximum absolute atomic E-state index is 12.2. The van der Waals surface area contributed by atoms with Crippen LogP contribution in [-0.2, 0) is 4.74 Å². The van der Waals surface area contributed by atoms with Crippen LogP contribution in [0.2, 0.25) is 0 Å². The quantitative estimate of drug-likeness (QED) is 0.805. The summed E-state index contributed by atoms with van der Waals surface area (Å²) in [5.74, 6) is 0.954. The van der Waals surface area contributed by atoms with Gasteiger partial charge in [-0.15, -0.1) is 0 Å². The average Bonchev–Trinajstić information content (AvgIpc) is 2.96. The summed E-state index contributed by atoms with van der Waals surface area (Å²) in [5, 5.41) is 6.14. The Morgan fingerprint density at radius 2 is 2.04 bits per heavy atom. The molecule has 2 heterocycles. The molecular weight excluding hydrogens is 330 g/mol. The van der Waals surface area contributed by atoms with E-state index in [1.54, 1.807) is 6.20 Å². The minimum atomic E-state index is -0.565. The highest BCUT2D eigenvalue weighted by atomic mass is 16.6. The highest BCUT2D eigenvalue weighted by Gasteiger charge is 2.25. The number of benzene rings is 1. The first kappa shape index (κ1) is 18.0. The fourth-order valence-corrected chi connectivity index (χ4v) is 2.75. The molecule has 26 heavy (non-hydrogen) atoms. The number of anilines is 2. The van der Waals surface area contributed by atoms with E-state index in [1.165, 1.54) is 0 Å². The van der Waals surface area contributed by atoms with E-state index in [0.29, 0.717) is 5.69 Å². The Labute approximate surface area is 153 Å². The highest BCUT2D eigenvalue weighted by Crippen LogP contribution is 2.38. The fourth-order valence-electron chi connectivity index (χ4n) is 2.75. The summed E-state index contributed by atoms with van der Waals surface area (Å²) in [5.41, 5.74) is 2.64. The van der Waals surface area contributed by atoms with Crippen molar-refractivity contribution in [1.82, 2.24) is 4.98 Å². The third kappa shape index (κ3) is 4.07. The number of para-hydroxylation sites is 2. The summed E-state index contributed by atoms with van der Waals surface area (Å²) in [6, 6.07) is 9.64. The monoisotopic (exact) mass is 355 g/mol. The highest BCUT2D eigenvalue weighted by molar-refractivity contribution is 5.86. The lowest BCUT2D eigenvalue weighted by molar-refractivity contribution is 0.0635. The molecular formula is C20H25N3O3. The van der Waals surface area contributed by atoms with Crippen molar-refractivity contribution in [2.45, 2.75) is 52.4 Å². The smallest absolute Gasteiger partial charge is 0.412 e. The average molecular weight is 355 g/mol. The van der Waals surface area contributed by atoms with Gasteiger partial charge in [0.05, 0.1) is 17.1 Å². The van der Waals surface area contributed by atoms with Crippen molar-refractivity contribution in [3.63, 3.8) is 0 Å². The van der Waals surface area contributed by atoms with E-state index < -0.39 is 11.7 Å². The Balaban J connectivity index is 1.84. The maximum Gasteiger partial charge on any atom is 0.412 e. The number of carbonyl (C=O) groups excluding carboxylic acids is 1. The van der Waals surface area contributed by atoms with Crippen molar-refractivity contribution in [3.05, 3.63) is 47.8 Å². The molecule has 0 saturated heterocycles. The molecule has 1 aromatic carbocycles. The largest absolute Gasteiger partial charge is 0.464 e. The van der Waals surface area contributed by atoms with E-state index in [1.807, 2.05) is 65.0 Å². The number of ether oxygens (including phenoxy) is 2. The lowest BCUT2D eigenvalue weighted by Gasteiger charge is -2.21. The Morgan fingerprint density at radius 1 is 1.31 bits per heavy atom. The molecule has 1 atom stereocenters. The van der Waals surface area contributed by atoms with E-state index in [0.717, 1.165) is 22.7 Å². The number of nitrogens with zero attached hydrogens (tertiary/aromatic N) is 1. The summed E-state index contributed by atoms with van der Waals surface area (Å²) < 4.78 is 11.3. The van der Waals surface area contributed by atoms with Crippen LogP contribution in [0.4, 0.5) is 16.2 Å². The number of amides is 1. The molecule has 1 aliphatic rings. The molecule has 0 aliphatic carbocycles. The first-order valence-corrected chi connectivity index (χ1v) is 8.75. The van der Waals surface area contributed by atoms with Gasteiger partial charge in [-0.3, -0.25) is 10.3 Å². The Bertz CT molecular complexity index is 787. The number of hydrogen-bond acceptors (Lipinski definition) is 5. The molecule has 2 N–H and O–H groups in total. The van der Waals surface area contributed by atoms with Crippen molar-refractivity contribution in [2.75, 3.05) is 10.6 Å². The van der Waals surface area contributed by atoms with Gasteiger partial charge in [-0.25, -0.2) is 4.79 Å². The van der Waals surface area contributed by atoms with Gasteiger partial charge in [0.1, 0.15) is 11.4 Å². The zero-order chi connectivity index (χ0) is 18.9. The number of fused-ring (bicyclic) bond motifs is 1. The molecule has 1 amide bonds. The van der Waals surface area contributed by atoms with Crippen LogP contribution < -0.4 is 15.4 Å². The van der Waals surface area contributed by atoms with Crippen LogP contribution in [0.3, 0.4) is 0 Å². The third-order valence-corrected chi connectivity index (χ3v) is 3.84. The summed E-state index contributed by atoms with van der Waals surface area (Å²) in [6.07, 6.45) is 0.932. The maximum atomic E-state index is 12.2. The molecule has 1 unspecified atom stereocenters. The van der Waals surface area contributed by atoms with Gasteiger partial charge in [0.15, 0.2) is 6.23 Å². The Morgan fingerprint density at radius 3 is 2.69 bits per heavy atom. The van der Waals surface area contributed by atoms with Gasteiger partial charge >= 0.3 is 6.09 Å². The van der Waals surface area contributed by atoms with Crippen molar-refractivity contribution >= 4 is 17.5 Å². The van der Waals surface area contributed by atoms with Crippen LogP contribution in [0.5, 0.6) is 5.75 Å². The van der Waals surface area contributed by atoms with Crippen molar-refractivity contribution in [2.24, 2.45) is 0 Å². The predicted molar refractivity (Wildman–Crippen MR) is 102 cm³/mol. The second-order valence-electron chi connectivity index (χ2n) is 7.62. The minimum absolute atomic E-state index is 0.156. The molecule has 0 radical (unpaired) electrons. The minimum Gasteiger partial charge on any atom is -0.464 e. The number of carbonyl (C=O) groups is 1. The third-order valence-electron chi connectivity index (χ3n) is 3.84. The van der Waals surface area contributed by atoms with E-state index >= 15 is 0 Å². The van der Waals surface area contributed by atoms with Crippen LogP contribution in [-0.4, -0.2) is 16.7 Å². The summed E-state index contributed by atoms with van der Waals surface area (Å²) in [6.45, 7) is 9.55. The van der Waals surface area contributed by atoms with E-state index in [2.05, 4.69) is 15.6 Å². The predicted octanol–water partition coefficient (Wildman–Crippen LogP) is 5.06. The van der Waals surface area contributed by atoms with Gasteiger partial charge in [-0.1, -0.05) is 26.0 Å². The number of rotatable bonds is 3. The molecule has 3 rings (SSSR count). The van der Waals surface area contributed by atoms with E-state index in [-0.39, 0.29) is 12.1 Å². The van der Waals surface area contributed by atoms with Crippen LogP contribution in [0, 0.1) is 0 Å².